The number of amides is 1. The zero-order valence-corrected chi connectivity index (χ0v) is 23.6. The molecule has 12 heteroatoms. The number of nitrogens with two attached hydrogens (primary N) is 1. The number of nitrogens with zero attached hydrogens (tertiary/aromatic N) is 3. The number of rotatable bonds is 10. The molecule has 2 aromatic heterocycles. The third-order valence-electron chi connectivity index (χ3n) is 6.01. The van der Waals surface area contributed by atoms with Gasteiger partial charge >= 0.3 is 7.82 Å². The Labute approximate surface area is 228 Å². The molecule has 4 rings (SSSR count). The number of benzene rings is 2. The molecule has 0 atom stereocenters. The summed E-state index contributed by atoms with van der Waals surface area (Å²) in [7, 11) is -4.65. The number of nitrogens with one attached hydrogen (secondary N) is 1. The van der Waals surface area contributed by atoms with E-state index in [0.29, 0.717) is 34.4 Å². The minimum atomic E-state index is -4.65. The van der Waals surface area contributed by atoms with Gasteiger partial charge in [0.1, 0.15) is 17.1 Å². The first-order valence-corrected chi connectivity index (χ1v) is 14.9. The Morgan fingerprint density at radius 3 is 2.62 bits per heavy atom. The second-order valence-corrected chi connectivity index (χ2v) is 10.8. The van der Waals surface area contributed by atoms with Gasteiger partial charge in [-0.1, -0.05) is 60.2 Å². The van der Waals surface area contributed by atoms with Gasteiger partial charge in [0.25, 0.3) is 0 Å². The van der Waals surface area contributed by atoms with Gasteiger partial charge in [0.05, 0.1) is 15.5 Å². The number of carbonyl (C=O) groups excluding carboxylic acids is 1. The van der Waals surface area contributed by atoms with Gasteiger partial charge in [-0.2, -0.15) is 0 Å². The van der Waals surface area contributed by atoms with Gasteiger partial charge in [0, 0.05) is 24.9 Å². The van der Waals surface area contributed by atoms with Crippen molar-refractivity contribution < 1.29 is 23.7 Å². The molecule has 4 aromatic rings. The second-order valence-electron chi connectivity index (χ2n) is 8.86. The average molecular weight is 637 g/mol. The van der Waals surface area contributed by atoms with Crippen molar-refractivity contribution in [3.05, 3.63) is 58.9 Å². The number of pyridine rings is 1. The Balaban J connectivity index is 1.80. The van der Waals surface area contributed by atoms with Gasteiger partial charge in [-0.15, -0.1) is 0 Å². The van der Waals surface area contributed by atoms with E-state index in [9.17, 15) is 9.36 Å². The number of fused-ring (bicyclic) bond motifs is 3. The van der Waals surface area contributed by atoms with Crippen molar-refractivity contribution in [3.8, 4) is 5.75 Å². The number of anilines is 1. The first kappa shape index (κ1) is 27.3. The molecule has 2 heterocycles. The molecule has 0 unspecified atom stereocenters. The molecule has 0 bridgehead atoms. The Morgan fingerprint density at radius 1 is 1.19 bits per heavy atom. The van der Waals surface area contributed by atoms with E-state index in [0.717, 1.165) is 52.6 Å². The van der Waals surface area contributed by atoms with E-state index in [1.807, 2.05) is 46.9 Å². The summed E-state index contributed by atoms with van der Waals surface area (Å²) in [6.45, 7) is 4.76. The van der Waals surface area contributed by atoms with Crippen molar-refractivity contribution in [2.45, 2.75) is 46.2 Å². The summed E-state index contributed by atoms with van der Waals surface area (Å²) < 4.78 is 18.6. The molecule has 196 valence electrons. The van der Waals surface area contributed by atoms with Gasteiger partial charge in [0.2, 0.25) is 5.91 Å². The summed E-state index contributed by atoms with van der Waals surface area (Å²) in [6, 6.07) is 11.1. The summed E-state index contributed by atoms with van der Waals surface area (Å²) >= 11 is 2.03. The predicted octanol–water partition coefficient (Wildman–Crippen LogP) is 4.39. The topological polar surface area (TPSA) is 153 Å². The van der Waals surface area contributed by atoms with E-state index in [-0.39, 0.29) is 11.7 Å². The number of halogens is 1. The van der Waals surface area contributed by atoms with Crippen molar-refractivity contribution in [1.29, 1.82) is 0 Å². The van der Waals surface area contributed by atoms with E-state index in [1.165, 1.54) is 0 Å². The minimum absolute atomic E-state index is 0.0326. The lowest BCUT2D eigenvalue weighted by Gasteiger charge is -2.14. The van der Waals surface area contributed by atoms with Crippen LogP contribution in [0.4, 0.5) is 5.82 Å². The van der Waals surface area contributed by atoms with Gasteiger partial charge in [0.15, 0.2) is 5.82 Å². The predicted molar refractivity (Wildman–Crippen MR) is 152 cm³/mol. The first-order chi connectivity index (χ1) is 17.6. The number of hydrogen-bond acceptors (Lipinski definition) is 6. The molecule has 5 N–H and O–H groups in total. The largest absolute Gasteiger partial charge is 0.524 e. The Bertz CT molecular complexity index is 1520. The zero-order chi connectivity index (χ0) is 26.7. The molecule has 0 aliphatic rings. The van der Waals surface area contributed by atoms with Gasteiger partial charge < -0.3 is 20.1 Å². The lowest BCUT2D eigenvalue weighted by Crippen LogP contribution is -2.23. The van der Waals surface area contributed by atoms with Crippen LogP contribution in [0.2, 0.25) is 0 Å². The Hall–Kier alpha value is -2.73. The molecule has 0 radical (unpaired) electrons. The fraction of sp³-hybridized carbons (Fsp3) is 0.320. The smallest absolute Gasteiger partial charge is 0.404 e. The monoisotopic (exact) mass is 637 g/mol. The molecular weight excluding hydrogens is 608 g/mol. The highest BCUT2D eigenvalue weighted by atomic mass is 127. The van der Waals surface area contributed by atoms with Crippen LogP contribution in [0.15, 0.2) is 36.4 Å². The summed E-state index contributed by atoms with van der Waals surface area (Å²) in [4.78, 5) is 39.5. The number of nitrogen functional groups attached to an aromatic ring is 1. The van der Waals surface area contributed by atoms with E-state index >= 15 is 0 Å². The number of carbonyl (C=O) groups is 1. The summed E-state index contributed by atoms with van der Waals surface area (Å²) in [5.74, 6) is 1.34. The number of aromatic nitrogens is 3. The number of imidazole rings is 1. The number of alkyl halides is 1. The van der Waals surface area contributed by atoms with Crippen molar-refractivity contribution >= 4 is 64.1 Å². The molecule has 10 nitrogen and oxygen atoms in total. The molecule has 1 amide bonds. The van der Waals surface area contributed by atoms with Crippen LogP contribution in [0.25, 0.3) is 21.9 Å². The maximum Gasteiger partial charge on any atom is 0.524 e. The molecule has 0 aliphatic carbocycles. The molecule has 37 heavy (non-hydrogen) atoms. The minimum Gasteiger partial charge on any atom is -0.404 e. The first-order valence-electron chi connectivity index (χ1n) is 11.8. The lowest BCUT2D eigenvalue weighted by molar-refractivity contribution is -0.118. The number of unbranched alkanes of at least 4 members (excludes halogenated alkanes) is 1. The summed E-state index contributed by atoms with van der Waals surface area (Å²) in [5.41, 5.74) is 11.1. The van der Waals surface area contributed by atoms with Gasteiger partial charge in [-0.25, -0.2) is 14.5 Å². The van der Waals surface area contributed by atoms with Crippen LogP contribution < -0.4 is 15.6 Å². The van der Waals surface area contributed by atoms with Crippen LogP contribution in [-0.4, -0.2) is 34.7 Å². The highest BCUT2D eigenvalue weighted by Gasteiger charge is 2.20. The molecule has 0 spiro atoms. The quantitative estimate of drug-likeness (QED) is 0.114. The van der Waals surface area contributed by atoms with Crippen LogP contribution in [-0.2, 0) is 28.9 Å². The SMILES string of the molecule is CCCCc1nc2c(N)nc3cc(CNC(=O)CI)ccc3c2n1Cc1ccc(OP(=O)(O)O)c(C)c1. The van der Waals surface area contributed by atoms with Crippen molar-refractivity contribution in [2.75, 3.05) is 10.2 Å². The average Bonchev–Trinajstić information content (AvgIpc) is 3.20. The number of phosphoric ester groups is 1. The van der Waals surface area contributed by atoms with E-state index < -0.39 is 7.82 Å². The summed E-state index contributed by atoms with van der Waals surface area (Å²) in [5, 5.41) is 3.78. The normalized spacial score (nSPS) is 11.8. The number of phosphoric acid groups is 1. The van der Waals surface area contributed by atoms with E-state index in [2.05, 4.69) is 21.8 Å². The number of hydrogen-bond donors (Lipinski definition) is 4. The molecule has 0 aliphatic heterocycles. The Kier molecular flexibility index (Phi) is 8.37. The van der Waals surface area contributed by atoms with Crippen molar-refractivity contribution in [3.63, 3.8) is 0 Å². The fourth-order valence-corrected chi connectivity index (χ4v) is 5.01. The van der Waals surface area contributed by atoms with E-state index in [1.54, 1.807) is 19.1 Å². The van der Waals surface area contributed by atoms with Gasteiger partial charge in [-0.3, -0.25) is 14.6 Å². The van der Waals surface area contributed by atoms with Crippen LogP contribution in [0.5, 0.6) is 5.75 Å². The van der Waals surface area contributed by atoms with Crippen LogP contribution in [0.1, 0.15) is 42.3 Å². The van der Waals surface area contributed by atoms with Crippen LogP contribution in [0, 0.1) is 6.92 Å². The standard InChI is InChI=1S/C25H29IN5O5P/c1-3-4-5-21-30-23-24(31(21)14-17-7-9-20(15(2)10-17)36-37(33,34)35)18-8-6-16(13-28-22(32)12-26)11-19(18)29-25(23)27/h6-11H,3-5,12-14H2,1-2H3,(H2,27,29)(H,28,32)(H2,33,34,35). The molecular formula is C25H29IN5O5P. The number of aryl methyl sites for hydroxylation is 2. The third-order valence-corrected chi connectivity index (χ3v) is 7.14. The highest BCUT2D eigenvalue weighted by Crippen LogP contribution is 2.39. The molecule has 2 aromatic carbocycles. The third kappa shape index (κ3) is 6.40. The van der Waals surface area contributed by atoms with Gasteiger partial charge in [-0.05, 0) is 42.2 Å². The summed E-state index contributed by atoms with van der Waals surface area (Å²) in [6.07, 6.45) is 2.74. The molecule has 0 saturated heterocycles. The molecule has 0 saturated carbocycles. The van der Waals surface area contributed by atoms with Crippen LogP contribution >= 0.6 is 30.4 Å². The maximum absolute atomic E-state index is 11.7. The van der Waals surface area contributed by atoms with Crippen molar-refractivity contribution in [1.82, 2.24) is 19.9 Å². The van der Waals surface area contributed by atoms with Crippen LogP contribution in [0.3, 0.4) is 0 Å². The lowest BCUT2D eigenvalue weighted by atomic mass is 10.1. The fourth-order valence-electron chi connectivity index (χ4n) is 4.28. The maximum atomic E-state index is 11.7. The zero-order valence-electron chi connectivity index (χ0n) is 20.6. The van der Waals surface area contributed by atoms with Crippen molar-refractivity contribution in [2.24, 2.45) is 0 Å². The highest BCUT2D eigenvalue weighted by molar-refractivity contribution is 14.1. The second kappa shape index (κ2) is 11.3. The Morgan fingerprint density at radius 2 is 1.95 bits per heavy atom. The molecule has 0 fully saturated rings. The van der Waals surface area contributed by atoms with E-state index in [4.69, 9.17) is 25.0 Å².